The molecule has 0 spiro atoms. The maximum absolute atomic E-state index is 12.2. The normalized spacial score (nSPS) is 19.4. The van der Waals surface area contributed by atoms with Crippen LogP contribution >= 0.6 is 27.3 Å². The third kappa shape index (κ3) is 2.52. The Labute approximate surface area is 112 Å². The fraction of sp³-hybridized carbons (Fsp3) is 0.455. The van der Waals surface area contributed by atoms with Crippen molar-refractivity contribution < 1.29 is 14.3 Å². The fourth-order valence-corrected chi connectivity index (χ4v) is 3.11. The van der Waals surface area contributed by atoms with Crippen molar-refractivity contribution in [3.63, 3.8) is 0 Å². The van der Waals surface area contributed by atoms with Crippen molar-refractivity contribution in [3.8, 4) is 0 Å². The van der Waals surface area contributed by atoms with Crippen LogP contribution in [-0.2, 0) is 9.53 Å². The molecule has 1 fully saturated rings. The molecule has 0 saturated carbocycles. The minimum Gasteiger partial charge on any atom is -0.467 e. The van der Waals surface area contributed by atoms with Gasteiger partial charge in [0.2, 0.25) is 0 Å². The van der Waals surface area contributed by atoms with Gasteiger partial charge in [-0.15, -0.1) is 11.3 Å². The van der Waals surface area contributed by atoms with Crippen LogP contribution in [0.5, 0.6) is 0 Å². The molecule has 1 aliphatic rings. The first-order valence-corrected chi connectivity index (χ1v) is 6.93. The average Bonchev–Trinajstić information content (AvgIpc) is 2.95. The molecule has 1 amide bonds. The number of nitrogens with zero attached hydrogens (tertiary/aromatic N) is 1. The number of rotatable bonds is 2. The minimum atomic E-state index is -0.425. The second kappa shape index (κ2) is 5.18. The number of hydrogen-bond donors (Lipinski definition) is 0. The molecule has 0 N–H and O–H groups in total. The summed E-state index contributed by atoms with van der Waals surface area (Å²) < 4.78 is 5.63. The summed E-state index contributed by atoms with van der Waals surface area (Å²) in [5, 5.41) is 1.79. The van der Waals surface area contributed by atoms with Gasteiger partial charge >= 0.3 is 5.97 Å². The first kappa shape index (κ1) is 12.6. The maximum Gasteiger partial charge on any atom is 0.328 e. The van der Waals surface area contributed by atoms with Gasteiger partial charge < -0.3 is 9.64 Å². The molecule has 92 valence electrons. The number of likely N-dealkylation sites (tertiary alicyclic amines) is 1. The number of halogens is 1. The van der Waals surface area contributed by atoms with Crippen molar-refractivity contribution in [2.75, 3.05) is 13.7 Å². The lowest BCUT2D eigenvalue weighted by Gasteiger charge is -2.22. The van der Waals surface area contributed by atoms with E-state index in [9.17, 15) is 9.59 Å². The molecule has 1 atom stereocenters. The van der Waals surface area contributed by atoms with Crippen molar-refractivity contribution >= 4 is 39.1 Å². The highest BCUT2D eigenvalue weighted by atomic mass is 79.9. The van der Waals surface area contributed by atoms with Crippen LogP contribution in [0, 0.1) is 0 Å². The first-order chi connectivity index (χ1) is 8.13. The lowest BCUT2D eigenvalue weighted by Crippen LogP contribution is -2.40. The number of ether oxygens (including phenoxy) is 1. The zero-order valence-corrected chi connectivity index (χ0v) is 11.7. The molecular formula is C11H12BrNO3S. The monoisotopic (exact) mass is 317 g/mol. The Morgan fingerprint density at radius 3 is 2.94 bits per heavy atom. The average molecular weight is 318 g/mol. The van der Waals surface area contributed by atoms with Crippen molar-refractivity contribution in [2.45, 2.75) is 18.9 Å². The molecule has 2 rings (SSSR count). The van der Waals surface area contributed by atoms with Crippen LogP contribution in [0.1, 0.15) is 23.2 Å². The molecule has 0 bridgehead atoms. The highest BCUT2D eigenvalue weighted by Crippen LogP contribution is 2.25. The third-order valence-corrected chi connectivity index (χ3v) is 4.31. The maximum atomic E-state index is 12.2. The van der Waals surface area contributed by atoms with Gasteiger partial charge in [-0.1, -0.05) is 0 Å². The molecule has 0 aromatic carbocycles. The molecule has 17 heavy (non-hydrogen) atoms. The summed E-state index contributed by atoms with van der Waals surface area (Å²) in [5.41, 5.74) is 0.623. The van der Waals surface area contributed by atoms with E-state index in [0.29, 0.717) is 18.5 Å². The number of carbonyl (C=O) groups is 2. The summed E-state index contributed by atoms with van der Waals surface area (Å²) >= 11 is 4.78. The highest BCUT2D eigenvalue weighted by Gasteiger charge is 2.35. The van der Waals surface area contributed by atoms with E-state index < -0.39 is 6.04 Å². The predicted molar refractivity (Wildman–Crippen MR) is 68.1 cm³/mol. The van der Waals surface area contributed by atoms with E-state index in [1.165, 1.54) is 18.4 Å². The number of carbonyl (C=O) groups excluding carboxylic acids is 2. The molecule has 4 nitrogen and oxygen atoms in total. The number of methoxy groups -OCH3 is 1. The van der Waals surface area contributed by atoms with Crippen LogP contribution in [0.3, 0.4) is 0 Å². The van der Waals surface area contributed by atoms with E-state index in [-0.39, 0.29) is 11.9 Å². The largest absolute Gasteiger partial charge is 0.467 e. The van der Waals surface area contributed by atoms with Crippen molar-refractivity contribution in [1.82, 2.24) is 4.90 Å². The zero-order chi connectivity index (χ0) is 12.4. The minimum absolute atomic E-state index is 0.0974. The predicted octanol–water partition coefficient (Wildman–Crippen LogP) is 2.29. The number of esters is 1. The molecule has 0 aliphatic carbocycles. The molecule has 1 aromatic rings. The molecular weight excluding hydrogens is 306 g/mol. The van der Waals surface area contributed by atoms with Gasteiger partial charge in [0.15, 0.2) is 0 Å². The van der Waals surface area contributed by atoms with E-state index in [4.69, 9.17) is 4.74 Å². The summed E-state index contributed by atoms with van der Waals surface area (Å²) in [6.45, 7) is 0.617. The summed E-state index contributed by atoms with van der Waals surface area (Å²) in [5.74, 6) is -0.426. The number of hydrogen-bond acceptors (Lipinski definition) is 4. The van der Waals surface area contributed by atoms with E-state index >= 15 is 0 Å². The molecule has 1 aliphatic heterocycles. The standard InChI is InChI=1S/C11H12BrNO3S/c1-16-11(15)8-3-2-4-13(8)10(14)7-5-9(12)17-6-7/h5-6,8H,2-4H2,1H3. The Hall–Kier alpha value is -0.880. The Morgan fingerprint density at radius 2 is 2.35 bits per heavy atom. The van der Waals surface area contributed by atoms with Gasteiger partial charge in [-0.05, 0) is 34.8 Å². The topological polar surface area (TPSA) is 46.6 Å². The van der Waals surface area contributed by atoms with E-state index in [0.717, 1.165) is 10.2 Å². The van der Waals surface area contributed by atoms with Gasteiger partial charge in [0, 0.05) is 11.9 Å². The smallest absolute Gasteiger partial charge is 0.328 e. The van der Waals surface area contributed by atoms with Gasteiger partial charge in [-0.25, -0.2) is 4.79 Å². The van der Waals surface area contributed by atoms with Crippen molar-refractivity contribution in [2.24, 2.45) is 0 Å². The van der Waals surface area contributed by atoms with Crippen LogP contribution in [0.2, 0.25) is 0 Å². The Morgan fingerprint density at radius 1 is 1.59 bits per heavy atom. The van der Waals surface area contributed by atoms with E-state index in [1.54, 1.807) is 16.3 Å². The van der Waals surface area contributed by atoms with Crippen molar-refractivity contribution in [3.05, 3.63) is 20.8 Å². The molecule has 1 saturated heterocycles. The lowest BCUT2D eigenvalue weighted by molar-refractivity contribution is -0.145. The summed E-state index contributed by atoms with van der Waals surface area (Å²) in [7, 11) is 1.35. The van der Waals surface area contributed by atoms with E-state index in [1.807, 2.05) is 0 Å². The van der Waals surface area contributed by atoms with Gasteiger partial charge in [0.05, 0.1) is 16.5 Å². The summed E-state index contributed by atoms with van der Waals surface area (Å²) in [6.07, 6.45) is 1.53. The Kier molecular flexibility index (Phi) is 3.83. The lowest BCUT2D eigenvalue weighted by atomic mass is 10.2. The summed E-state index contributed by atoms with van der Waals surface area (Å²) in [4.78, 5) is 25.3. The third-order valence-electron chi connectivity index (χ3n) is 2.80. The quantitative estimate of drug-likeness (QED) is 0.786. The highest BCUT2D eigenvalue weighted by molar-refractivity contribution is 9.11. The van der Waals surface area contributed by atoms with Gasteiger partial charge in [-0.3, -0.25) is 4.79 Å². The SMILES string of the molecule is COC(=O)C1CCCN1C(=O)c1csc(Br)c1. The summed E-state index contributed by atoms with van der Waals surface area (Å²) in [6, 6.07) is 1.35. The first-order valence-electron chi connectivity index (χ1n) is 5.26. The Bertz CT molecular complexity index is 446. The molecule has 2 heterocycles. The van der Waals surface area contributed by atoms with Gasteiger partial charge in [-0.2, -0.15) is 0 Å². The van der Waals surface area contributed by atoms with Gasteiger partial charge in [0.1, 0.15) is 6.04 Å². The second-order valence-electron chi connectivity index (χ2n) is 3.82. The molecule has 6 heteroatoms. The van der Waals surface area contributed by atoms with Crippen LogP contribution in [0.4, 0.5) is 0 Å². The number of thiophene rings is 1. The fourth-order valence-electron chi connectivity index (χ4n) is 1.98. The van der Waals surface area contributed by atoms with Gasteiger partial charge in [0.25, 0.3) is 5.91 Å². The van der Waals surface area contributed by atoms with Crippen molar-refractivity contribution in [1.29, 1.82) is 0 Å². The second-order valence-corrected chi connectivity index (χ2v) is 6.11. The van der Waals surface area contributed by atoms with Crippen LogP contribution in [-0.4, -0.2) is 36.5 Å². The Balaban J connectivity index is 2.16. The van der Waals surface area contributed by atoms with Crippen LogP contribution in [0.25, 0.3) is 0 Å². The molecule has 1 unspecified atom stereocenters. The molecule has 1 aromatic heterocycles. The van der Waals surface area contributed by atoms with Crippen LogP contribution < -0.4 is 0 Å². The molecule has 0 radical (unpaired) electrons. The zero-order valence-electron chi connectivity index (χ0n) is 9.31. The van der Waals surface area contributed by atoms with Crippen LogP contribution in [0.15, 0.2) is 15.2 Å². The number of amides is 1. The van der Waals surface area contributed by atoms with E-state index in [2.05, 4.69) is 15.9 Å².